The van der Waals surface area contributed by atoms with Crippen molar-refractivity contribution < 1.29 is 14.3 Å². The van der Waals surface area contributed by atoms with Crippen LogP contribution >= 0.6 is 23.1 Å². The van der Waals surface area contributed by atoms with Gasteiger partial charge in [-0.25, -0.2) is 9.97 Å². The smallest absolute Gasteiger partial charge is 0.234 e. The van der Waals surface area contributed by atoms with Gasteiger partial charge in [0.2, 0.25) is 12.7 Å². The number of nitrogens with one attached hydrogen (secondary N) is 1. The molecule has 1 amide bonds. The van der Waals surface area contributed by atoms with Crippen LogP contribution in [0.5, 0.6) is 11.5 Å². The first-order valence-corrected chi connectivity index (χ1v) is 11.3. The highest BCUT2D eigenvalue weighted by Gasteiger charge is 2.19. The van der Waals surface area contributed by atoms with E-state index in [1.807, 2.05) is 0 Å². The van der Waals surface area contributed by atoms with Gasteiger partial charge < -0.3 is 19.7 Å². The topological polar surface area (TPSA) is 89.5 Å². The van der Waals surface area contributed by atoms with E-state index in [1.165, 1.54) is 37.4 Å². The molecule has 0 atom stereocenters. The largest absolute Gasteiger partial charge is 0.454 e. The van der Waals surface area contributed by atoms with Gasteiger partial charge in [0.1, 0.15) is 16.1 Å². The van der Waals surface area contributed by atoms with E-state index in [0.29, 0.717) is 22.8 Å². The fourth-order valence-corrected chi connectivity index (χ4v) is 5.29. The van der Waals surface area contributed by atoms with Crippen LogP contribution in [0.15, 0.2) is 29.6 Å². The molecule has 1 aromatic carbocycles. The average Bonchev–Trinajstić information content (AvgIpc) is 3.39. The summed E-state index contributed by atoms with van der Waals surface area (Å²) in [4.78, 5) is 28.1. The Morgan fingerprint density at radius 1 is 1.17 bits per heavy atom. The average molecular weight is 430 g/mol. The molecule has 0 spiro atoms. The Balaban J connectivity index is 1.26. The number of fused-ring (bicyclic) bond motifs is 2. The molecule has 0 unspecified atom stereocenters. The standard InChI is InChI=1S/C19H19N5O3S2/c25-15(22-12-4-5-13-14(8-12)27-11-26-13)9-28-18-16-17(20-10-21-18)23-19(29-16)24-6-2-1-3-7-24/h4-5,8,10H,1-3,6-7,9,11H2,(H,22,25). The fraction of sp³-hybridized carbons (Fsp3) is 0.368. The summed E-state index contributed by atoms with van der Waals surface area (Å²) >= 11 is 3.00. The molecule has 150 valence electrons. The Bertz CT molecular complexity index is 1050. The second-order valence-electron chi connectivity index (χ2n) is 6.78. The summed E-state index contributed by atoms with van der Waals surface area (Å²) in [5, 5.41) is 4.67. The highest BCUT2D eigenvalue weighted by atomic mass is 32.2. The lowest BCUT2D eigenvalue weighted by atomic mass is 10.1. The zero-order valence-corrected chi connectivity index (χ0v) is 17.2. The van der Waals surface area contributed by atoms with E-state index in [0.717, 1.165) is 27.9 Å². The van der Waals surface area contributed by atoms with Gasteiger partial charge in [0, 0.05) is 24.8 Å². The van der Waals surface area contributed by atoms with Crippen LogP contribution in [0.3, 0.4) is 0 Å². The number of aromatic nitrogens is 3. The summed E-state index contributed by atoms with van der Waals surface area (Å²) in [5.74, 6) is 1.47. The van der Waals surface area contributed by atoms with Crippen molar-refractivity contribution >= 4 is 50.2 Å². The minimum absolute atomic E-state index is 0.110. The number of rotatable bonds is 5. The molecule has 2 aromatic heterocycles. The summed E-state index contributed by atoms with van der Waals surface area (Å²) in [6.07, 6.45) is 5.19. The monoisotopic (exact) mass is 429 g/mol. The lowest BCUT2D eigenvalue weighted by Gasteiger charge is -2.25. The maximum atomic E-state index is 12.4. The van der Waals surface area contributed by atoms with Crippen molar-refractivity contribution in [2.75, 3.05) is 35.9 Å². The number of ether oxygens (including phenoxy) is 2. The molecule has 29 heavy (non-hydrogen) atoms. The van der Waals surface area contributed by atoms with Gasteiger partial charge in [-0.15, -0.1) is 0 Å². The van der Waals surface area contributed by atoms with E-state index < -0.39 is 0 Å². The van der Waals surface area contributed by atoms with E-state index in [2.05, 4.69) is 25.2 Å². The zero-order chi connectivity index (χ0) is 19.6. The van der Waals surface area contributed by atoms with Gasteiger partial charge in [0.15, 0.2) is 22.3 Å². The third kappa shape index (κ3) is 3.95. The number of thiazole rings is 1. The Hall–Kier alpha value is -2.59. The number of amides is 1. The first-order chi connectivity index (χ1) is 14.3. The van der Waals surface area contributed by atoms with Crippen molar-refractivity contribution in [1.82, 2.24) is 15.0 Å². The van der Waals surface area contributed by atoms with Gasteiger partial charge in [-0.2, -0.15) is 4.98 Å². The maximum Gasteiger partial charge on any atom is 0.234 e. The van der Waals surface area contributed by atoms with Crippen LogP contribution in [0.25, 0.3) is 10.3 Å². The molecule has 1 N–H and O–H groups in total. The second-order valence-corrected chi connectivity index (χ2v) is 8.72. The minimum atomic E-state index is -0.110. The Labute approximate surface area is 175 Å². The molecule has 0 saturated carbocycles. The number of hydrogen-bond donors (Lipinski definition) is 1. The van der Waals surface area contributed by atoms with Crippen molar-refractivity contribution in [1.29, 1.82) is 0 Å². The van der Waals surface area contributed by atoms with E-state index >= 15 is 0 Å². The molecule has 2 aliphatic rings. The third-order valence-electron chi connectivity index (χ3n) is 4.77. The summed E-state index contributed by atoms with van der Waals surface area (Å²) < 4.78 is 11.6. The number of thioether (sulfide) groups is 1. The summed E-state index contributed by atoms with van der Waals surface area (Å²) in [6.45, 7) is 2.28. The molecule has 0 bridgehead atoms. The molecule has 2 aliphatic heterocycles. The van der Waals surface area contributed by atoms with Gasteiger partial charge in [-0.05, 0) is 31.4 Å². The molecule has 4 heterocycles. The molecule has 1 saturated heterocycles. The normalized spacial score (nSPS) is 15.7. The predicted octanol–water partition coefficient (Wildman–Crippen LogP) is 3.54. The Kier molecular flexibility index (Phi) is 5.11. The van der Waals surface area contributed by atoms with Gasteiger partial charge in [-0.1, -0.05) is 23.1 Å². The predicted molar refractivity (Wildman–Crippen MR) is 113 cm³/mol. The summed E-state index contributed by atoms with van der Waals surface area (Å²) in [6, 6.07) is 5.35. The molecular formula is C19H19N5O3S2. The number of nitrogens with zero attached hydrogens (tertiary/aromatic N) is 4. The van der Waals surface area contributed by atoms with Crippen LogP contribution in [0.2, 0.25) is 0 Å². The SMILES string of the molecule is O=C(CSc1ncnc2nc(N3CCCCC3)sc12)Nc1ccc2c(c1)OCO2. The lowest BCUT2D eigenvalue weighted by Crippen LogP contribution is -2.29. The summed E-state index contributed by atoms with van der Waals surface area (Å²) in [7, 11) is 0. The number of piperidine rings is 1. The number of carbonyl (C=O) groups excluding carboxylic acids is 1. The van der Waals surface area contributed by atoms with E-state index in [-0.39, 0.29) is 18.5 Å². The first-order valence-electron chi connectivity index (χ1n) is 9.45. The quantitative estimate of drug-likeness (QED) is 0.487. The van der Waals surface area contributed by atoms with Gasteiger partial charge >= 0.3 is 0 Å². The Morgan fingerprint density at radius 2 is 2.03 bits per heavy atom. The zero-order valence-electron chi connectivity index (χ0n) is 15.6. The van der Waals surface area contributed by atoms with E-state index in [9.17, 15) is 4.79 Å². The van der Waals surface area contributed by atoms with Crippen molar-refractivity contribution in [3.05, 3.63) is 24.5 Å². The highest BCUT2D eigenvalue weighted by molar-refractivity contribution is 8.00. The van der Waals surface area contributed by atoms with Gasteiger partial charge in [0.05, 0.1) is 5.75 Å². The first kappa shape index (κ1) is 18.4. The van der Waals surface area contributed by atoms with Gasteiger partial charge in [0.25, 0.3) is 0 Å². The lowest BCUT2D eigenvalue weighted by molar-refractivity contribution is -0.113. The highest BCUT2D eigenvalue weighted by Crippen LogP contribution is 2.36. The molecule has 8 nitrogen and oxygen atoms in total. The van der Waals surface area contributed by atoms with Crippen LogP contribution in [0, 0.1) is 0 Å². The fourth-order valence-electron chi connectivity index (χ4n) is 3.35. The van der Waals surface area contributed by atoms with Crippen molar-refractivity contribution in [2.45, 2.75) is 24.3 Å². The maximum absolute atomic E-state index is 12.4. The molecule has 3 aromatic rings. The minimum Gasteiger partial charge on any atom is -0.454 e. The van der Waals surface area contributed by atoms with Crippen LogP contribution in [0.4, 0.5) is 10.8 Å². The molecule has 5 rings (SSSR count). The van der Waals surface area contributed by atoms with Crippen molar-refractivity contribution in [3.63, 3.8) is 0 Å². The molecule has 0 radical (unpaired) electrons. The number of hydrogen-bond acceptors (Lipinski definition) is 9. The van der Waals surface area contributed by atoms with Crippen LogP contribution in [-0.4, -0.2) is 46.5 Å². The van der Waals surface area contributed by atoms with Crippen LogP contribution in [-0.2, 0) is 4.79 Å². The molecule has 1 fully saturated rings. The number of anilines is 2. The molecule has 10 heteroatoms. The Morgan fingerprint density at radius 3 is 2.93 bits per heavy atom. The molecular weight excluding hydrogens is 410 g/mol. The third-order valence-corrected chi connectivity index (χ3v) is 7.00. The summed E-state index contributed by atoms with van der Waals surface area (Å²) in [5.41, 5.74) is 1.38. The molecule has 0 aliphatic carbocycles. The van der Waals surface area contributed by atoms with E-state index in [1.54, 1.807) is 29.5 Å². The van der Waals surface area contributed by atoms with Gasteiger partial charge in [-0.3, -0.25) is 4.79 Å². The van der Waals surface area contributed by atoms with Crippen molar-refractivity contribution in [2.24, 2.45) is 0 Å². The van der Waals surface area contributed by atoms with Crippen LogP contribution < -0.4 is 19.7 Å². The van der Waals surface area contributed by atoms with E-state index in [4.69, 9.17) is 9.47 Å². The van der Waals surface area contributed by atoms with Crippen LogP contribution in [0.1, 0.15) is 19.3 Å². The number of benzene rings is 1. The van der Waals surface area contributed by atoms with Crippen molar-refractivity contribution in [3.8, 4) is 11.5 Å². The second kappa shape index (κ2) is 8.03. The number of carbonyl (C=O) groups is 1.